The summed E-state index contributed by atoms with van der Waals surface area (Å²) in [6.07, 6.45) is 3.95. The average molecular weight is 225 g/mol. The number of thioether (sulfide) groups is 1. The Morgan fingerprint density at radius 1 is 1.60 bits per heavy atom. The molecule has 1 atom stereocenters. The molecule has 0 aromatic carbocycles. The smallest absolute Gasteiger partial charge is 0.149 e. The molecule has 0 bridgehead atoms. The highest BCUT2D eigenvalue weighted by Gasteiger charge is 2.04. The molecule has 15 heavy (non-hydrogen) atoms. The SMILES string of the molecule is CSCC(C)CNc1ncc(C)cc1N. The molecule has 1 aromatic heterocycles. The van der Waals surface area contributed by atoms with Crippen LogP contribution >= 0.6 is 11.8 Å². The van der Waals surface area contributed by atoms with Gasteiger partial charge in [0, 0.05) is 12.7 Å². The van der Waals surface area contributed by atoms with Gasteiger partial charge in [0.25, 0.3) is 0 Å². The van der Waals surface area contributed by atoms with Gasteiger partial charge in [0.05, 0.1) is 5.69 Å². The molecule has 1 rings (SSSR count). The van der Waals surface area contributed by atoms with Crippen molar-refractivity contribution < 1.29 is 0 Å². The monoisotopic (exact) mass is 225 g/mol. The highest BCUT2D eigenvalue weighted by atomic mass is 32.2. The topological polar surface area (TPSA) is 50.9 Å². The second kappa shape index (κ2) is 5.85. The van der Waals surface area contributed by atoms with Gasteiger partial charge in [0.1, 0.15) is 5.82 Å². The second-order valence-electron chi connectivity index (χ2n) is 3.89. The van der Waals surface area contributed by atoms with E-state index >= 15 is 0 Å². The molecular formula is C11H19N3S. The van der Waals surface area contributed by atoms with Gasteiger partial charge in [0.2, 0.25) is 0 Å². The number of nitrogens with two attached hydrogens (primary N) is 1. The summed E-state index contributed by atoms with van der Waals surface area (Å²) in [4.78, 5) is 4.27. The van der Waals surface area contributed by atoms with E-state index in [1.165, 1.54) is 0 Å². The Kier molecular flexibility index (Phi) is 4.75. The number of nitrogens with zero attached hydrogens (tertiary/aromatic N) is 1. The van der Waals surface area contributed by atoms with Crippen molar-refractivity contribution in [1.29, 1.82) is 0 Å². The Bertz CT molecular complexity index is 315. The minimum absolute atomic E-state index is 0.627. The first-order valence-electron chi connectivity index (χ1n) is 5.08. The molecule has 3 N–H and O–H groups in total. The second-order valence-corrected chi connectivity index (χ2v) is 4.80. The Hall–Kier alpha value is -0.900. The fourth-order valence-electron chi connectivity index (χ4n) is 1.35. The number of rotatable bonds is 5. The van der Waals surface area contributed by atoms with Crippen molar-refractivity contribution in [3.63, 3.8) is 0 Å². The van der Waals surface area contributed by atoms with E-state index in [2.05, 4.69) is 23.5 Å². The molecule has 0 radical (unpaired) electrons. The predicted octanol–water partition coefficient (Wildman–Crippen LogP) is 2.38. The van der Waals surface area contributed by atoms with Crippen molar-refractivity contribution in [2.24, 2.45) is 5.92 Å². The van der Waals surface area contributed by atoms with Crippen LogP contribution < -0.4 is 11.1 Å². The Balaban J connectivity index is 2.50. The minimum Gasteiger partial charge on any atom is -0.396 e. The van der Waals surface area contributed by atoms with Crippen LogP contribution in [-0.4, -0.2) is 23.5 Å². The lowest BCUT2D eigenvalue weighted by Gasteiger charge is -2.13. The summed E-state index contributed by atoms with van der Waals surface area (Å²) in [6.45, 7) is 5.12. The Morgan fingerprint density at radius 3 is 2.93 bits per heavy atom. The van der Waals surface area contributed by atoms with Gasteiger partial charge in [-0.3, -0.25) is 0 Å². The normalized spacial score (nSPS) is 12.5. The third-order valence-electron chi connectivity index (χ3n) is 2.12. The van der Waals surface area contributed by atoms with Crippen LogP contribution in [0.2, 0.25) is 0 Å². The lowest BCUT2D eigenvalue weighted by atomic mass is 10.2. The van der Waals surface area contributed by atoms with Crippen LogP contribution in [0.3, 0.4) is 0 Å². The number of hydrogen-bond donors (Lipinski definition) is 2. The van der Waals surface area contributed by atoms with Crippen molar-refractivity contribution in [1.82, 2.24) is 4.98 Å². The third kappa shape index (κ3) is 4.00. The molecule has 1 heterocycles. The molecule has 0 aliphatic heterocycles. The summed E-state index contributed by atoms with van der Waals surface area (Å²) in [5.41, 5.74) is 7.67. The van der Waals surface area contributed by atoms with E-state index in [1.54, 1.807) is 0 Å². The maximum Gasteiger partial charge on any atom is 0.149 e. The summed E-state index contributed by atoms with van der Waals surface area (Å²) in [7, 11) is 0. The molecule has 1 aromatic rings. The number of pyridine rings is 1. The highest BCUT2D eigenvalue weighted by molar-refractivity contribution is 7.98. The zero-order valence-corrected chi connectivity index (χ0v) is 10.4. The van der Waals surface area contributed by atoms with Crippen molar-refractivity contribution in [2.45, 2.75) is 13.8 Å². The van der Waals surface area contributed by atoms with Gasteiger partial charge >= 0.3 is 0 Å². The van der Waals surface area contributed by atoms with E-state index in [-0.39, 0.29) is 0 Å². The van der Waals surface area contributed by atoms with Crippen molar-refractivity contribution in [3.8, 4) is 0 Å². The van der Waals surface area contributed by atoms with Gasteiger partial charge in [-0.15, -0.1) is 0 Å². The third-order valence-corrected chi connectivity index (χ3v) is 3.03. The predicted molar refractivity (Wildman–Crippen MR) is 69.4 cm³/mol. The number of aryl methyl sites for hydroxylation is 1. The first-order valence-corrected chi connectivity index (χ1v) is 6.47. The van der Waals surface area contributed by atoms with E-state index in [0.717, 1.165) is 29.4 Å². The maximum atomic E-state index is 5.85. The average Bonchev–Trinajstić information content (AvgIpc) is 2.17. The van der Waals surface area contributed by atoms with Crippen LogP contribution in [0.1, 0.15) is 12.5 Å². The van der Waals surface area contributed by atoms with E-state index in [9.17, 15) is 0 Å². The molecular weight excluding hydrogens is 206 g/mol. The summed E-state index contributed by atoms with van der Waals surface area (Å²) >= 11 is 1.86. The summed E-state index contributed by atoms with van der Waals surface area (Å²) < 4.78 is 0. The lowest BCUT2D eigenvalue weighted by Crippen LogP contribution is -2.15. The van der Waals surface area contributed by atoms with Crippen LogP contribution in [0.15, 0.2) is 12.3 Å². The van der Waals surface area contributed by atoms with Gasteiger partial charge in [-0.05, 0) is 36.5 Å². The van der Waals surface area contributed by atoms with Crippen LogP contribution in [0.5, 0.6) is 0 Å². The van der Waals surface area contributed by atoms with Gasteiger partial charge in [-0.25, -0.2) is 4.98 Å². The fourth-order valence-corrected chi connectivity index (χ4v) is 2.04. The molecule has 0 amide bonds. The number of nitrogen functional groups attached to an aromatic ring is 1. The van der Waals surface area contributed by atoms with E-state index in [4.69, 9.17) is 5.73 Å². The standard InChI is InChI=1S/C11H19N3S/c1-8-4-10(12)11(13-5-8)14-6-9(2)7-15-3/h4-5,9H,6-7,12H2,1-3H3,(H,13,14). The van der Waals surface area contributed by atoms with E-state index in [0.29, 0.717) is 5.92 Å². The van der Waals surface area contributed by atoms with Gasteiger partial charge in [-0.1, -0.05) is 6.92 Å². The summed E-state index contributed by atoms with van der Waals surface area (Å²) in [5, 5.41) is 3.28. The molecule has 3 nitrogen and oxygen atoms in total. The van der Waals surface area contributed by atoms with Crippen LogP contribution in [-0.2, 0) is 0 Å². The summed E-state index contributed by atoms with van der Waals surface area (Å²) in [6, 6.07) is 1.94. The maximum absolute atomic E-state index is 5.85. The molecule has 0 saturated heterocycles. The Morgan fingerprint density at radius 2 is 2.33 bits per heavy atom. The molecule has 4 heteroatoms. The van der Waals surface area contributed by atoms with Gasteiger partial charge in [0.15, 0.2) is 0 Å². The van der Waals surface area contributed by atoms with Crippen molar-refractivity contribution in [3.05, 3.63) is 17.8 Å². The van der Waals surface area contributed by atoms with Crippen molar-refractivity contribution in [2.75, 3.05) is 29.6 Å². The van der Waals surface area contributed by atoms with Crippen LogP contribution in [0.4, 0.5) is 11.5 Å². The lowest BCUT2D eigenvalue weighted by molar-refractivity contribution is 0.700. The van der Waals surface area contributed by atoms with Gasteiger partial charge in [-0.2, -0.15) is 11.8 Å². The molecule has 1 unspecified atom stereocenters. The van der Waals surface area contributed by atoms with Crippen molar-refractivity contribution >= 4 is 23.3 Å². The minimum atomic E-state index is 0.627. The number of aromatic nitrogens is 1. The van der Waals surface area contributed by atoms with Crippen LogP contribution in [0, 0.1) is 12.8 Å². The van der Waals surface area contributed by atoms with Crippen LogP contribution in [0.25, 0.3) is 0 Å². The van der Waals surface area contributed by atoms with E-state index in [1.807, 2.05) is 30.9 Å². The quantitative estimate of drug-likeness (QED) is 0.808. The molecule has 0 aliphatic carbocycles. The molecule has 0 fully saturated rings. The number of anilines is 2. The number of hydrogen-bond acceptors (Lipinski definition) is 4. The van der Waals surface area contributed by atoms with Gasteiger partial charge < -0.3 is 11.1 Å². The molecule has 84 valence electrons. The zero-order chi connectivity index (χ0) is 11.3. The summed E-state index contributed by atoms with van der Waals surface area (Å²) in [5.74, 6) is 2.58. The fraction of sp³-hybridized carbons (Fsp3) is 0.545. The first-order chi connectivity index (χ1) is 7.13. The highest BCUT2D eigenvalue weighted by Crippen LogP contribution is 2.16. The zero-order valence-electron chi connectivity index (χ0n) is 9.58. The number of nitrogens with one attached hydrogen (secondary N) is 1. The first kappa shape index (κ1) is 12.2. The Labute approximate surface area is 95.9 Å². The molecule has 0 aliphatic rings. The van der Waals surface area contributed by atoms with E-state index < -0.39 is 0 Å². The largest absolute Gasteiger partial charge is 0.396 e. The molecule has 0 spiro atoms. The molecule has 0 saturated carbocycles.